The molecule has 1 amide bonds. The molecule has 0 radical (unpaired) electrons. The lowest BCUT2D eigenvalue weighted by Crippen LogP contribution is -2.24. The Morgan fingerprint density at radius 2 is 2.31 bits per heavy atom. The predicted molar refractivity (Wildman–Crippen MR) is 70.1 cm³/mol. The number of benzene rings is 1. The Bertz CT molecular complexity index is 421. The van der Waals surface area contributed by atoms with Gasteiger partial charge in [0.1, 0.15) is 0 Å². The molecule has 1 aromatic carbocycles. The molecular formula is C12H13BrClNO. The van der Waals surface area contributed by atoms with Gasteiger partial charge in [-0.3, -0.25) is 4.79 Å². The fourth-order valence-electron chi connectivity index (χ4n) is 1.93. The summed E-state index contributed by atoms with van der Waals surface area (Å²) in [7, 11) is 0. The van der Waals surface area contributed by atoms with Gasteiger partial charge >= 0.3 is 0 Å². The van der Waals surface area contributed by atoms with Crippen molar-refractivity contribution < 1.29 is 4.79 Å². The van der Waals surface area contributed by atoms with Crippen molar-refractivity contribution in [3.05, 3.63) is 28.2 Å². The topological polar surface area (TPSA) is 20.3 Å². The maximum atomic E-state index is 11.8. The highest BCUT2D eigenvalue weighted by Crippen LogP contribution is 2.28. The Morgan fingerprint density at radius 3 is 2.88 bits per heavy atom. The summed E-state index contributed by atoms with van der Waals surface area (Å²) in [5.74, 6) is 1.02. The third-order valence-corrected chi connectivity index (χ3v) is 4.20. The van der Waals surface area contributed by atoms with Crippen molar-refractivity contribution in [3.8, 4) is 0 Å². The maximum absolute atomic E-state index is 11.8. The number of carbonyl (C=O) groups excluding carboxylic acids is 1. The number of rotatable bonds is 2. The first-order chi connectivity index (χ1) is 7.61. The van der Waals surface area contributed by atoms with E-state index in [-0.39, 0.29) is 11.8 Å². The zero-order valence-electron chi connectivity index (χ0n) is 9.04. The minimum absolute atomic E-state index is 0.173. The zero-order chi connectivity index (χ0) is 11.7. The van der Waals surface area contributed by atoms with Gasteiger partial charge in [-0.25, -0.2) is 0 Å². The first-order valence-corrected chi connectivity index (χ1v) is 6.57. The van der Waals surface area contributed by atoms with Crippen LogP contribution in [0.3, 0.4) is 0 Å². The second kappa shape index (κ2) is 4.76. The Labute approximate surface area is 109 Å². The Morgan fingerprint density at radius 1 is 1.56 bits per heavy atom. The minimum atomic E-state index is 0.173. The second-order valence-electron chi connectivity index (χ2n) is 4.16. The molecule has 1 heterocycles. The van der Waals surface area contributed by atoms with Crippen molar-refractivity contribution in [2.75, 3.05) is 17.3 Å². The van der Waals surface area contributed by atoms with E-state index in [9.17, 15) is 4.79 Å². The molecule has 0 saturated carbocycles. The molecule has 1 atom stereocenters. The number of hydrogen-bond acceptors (Lipinski definition) is 1. The van der Waals surface area contributed by atoms with Gasteiger partial charge in [-0.2, -0.15) is 0 Å². The van der Waals surface area contributed by atoms with Crippen LogP contribution in [0.1, 0.15) is 12.0 Å². The first-order valence-electron chi connectivity index (χ1n) is 5.24. The summed E-state index contributed by atoms with van der Waals surface area (Å²) in [6, 6.07) is 5.97. The first kappa shape index (κ1) is 11.9. The van der Waals surface area contributed by atoms with E-state index < -0.39 is 0 Å². The molecule has 16 heavy (non-hydrogen) atoms. The molecule has 1 saturated heterocycles. The van der Waals surface area contributed by atoms with Crippen LogP contribution in [-0.2, 0) is 4.79 Å². The van der Waals surface area contributed by atoms with Gasteiger partial charge in [0.05, 0.1) is 0 Å². The molecule has 1 aliphatic heterocycles. The molecular weight excluding hydrogens is 289 g/mol. The van der Waals surface area contributed by atoms with E-state index in [4.69, 9.17) is 11.6 Å². The number of carbonyl (C=O) groups is 1. The molecule has 2 nitrogen and oxygen atoms in total. The van der Waals surface area contributed by atoms with E-state index in [0.717, 1.165) is 22.3 Å². The summed E-state index contributed by atoms with van der Waals surface area (Å²) in [6.45, 7) is 2.76. The van der Waals surface area contributed by atoms with Crippen LogP contribution >= 0.6 is 27.5 Å². The summed E-state index contributed by atoms with van der Waals surface area (Å²) >= 11 is 9.25. The molecule has 0 bridgehead atoms. The van der Waals surface area contributed by atoms with Crippen molar-refractivity contribution in [3.63, 3.8) is 0 Å². The van der Waals surface area contributed by atoms with Crippen LogP contribution in [0, 0.1) is 12.8 Å². The lowest BCUT2D eigenvalue weighted by molar-refractivity contribution is -0.117. The van der Waals surface area contributed by atoms with E-state index in [0.29, 0.717) is 12.3 Å². The number of hydrogen-bond donors (Lipinski definition) is 0. The van der Waals surface area contributed by atoms with Crippen molar-refractivity contribution in [2.24, 2.45) is 5.92 Å². The van der Waals surface area contributed by atoms with E-state index in [1.54, 1.807) is 0 Å². The standard InChI is InChI=1S/C12H13BrClNO/c1-8-4-10(2-3-11(8)13)15-7-9(6-14)5-12(15)16/h2-4,9H,5-7H2,1H3. The SMILES string of the molecule is Cc1cc(N2CC(CCl)CC2=O)ccc1Br. The normalized spacial score (nSPS) is 20.6. The number of nitrogens with zero attached hydrogens (tertiary/aromatic N) is 1. The van der Waals surface area contributed by atoms with E-state index in [1.165, 1.54) is 0 Å². The monoisotopic (exact) mass is 301 g/mol. The predicted octanol–water partition coefficient (Wildman–Crippen LogP) is 3.35. The highest BCUT2D eigenvalue weighted by atomic mass is 79.9. The van der Waals surface area contributed by atoms with Crippen LogP contribution in [-0.4, -0.2) is 18.3 Å². The van der Waals surface area contributed by atoms with Gasteiger partial charge in [0.15, 0.2) is 0 Å². The highest BCUT2D eigenvalue weighted by Gasteiger charge is 2.29. The van der Waals surface area contributed by atoms with Crippen LogP contribution in [0.2, 0.25) is 0 Å². The number of anilines is 1. The fourth-order valence-corrected chi connectivity index (χ4v) is 2.38. The molecule has 2 rings (SSSR count). The smallest absolute Gasteiger partial charge is 0.227 e. The van der Waals surface area contributed by atoms with Crippen LogP contribution in [0.15, 0.2) is 22.7 Å². The molecule has 4 heteroatoms. The van der Waals surface area contributed by atoms with Crippen molar-refractivity contribution in [1.82, 2.24) is 0 Å². The molecule has 86 valence electrons. The van der Waals surface area contributed by atoms with Crippen molar-refractivity contribution in [1.29, 1.82) is 0 Å². The van der Waals surface area contributed by atoms with E-state index >= 15 is 0 Å². The van der Waals surface area contributed by atoms with Crippen LogP contribution in [0.5, 0.6) is 0 Å². The quantitative estimate of drug-likeness (QED) is 0.767. The molecule has 0 aliphatic carbocycles. The summed E-state index contributed by atoms with van der Waals surface area (Å²) < 4.78 is 1.07. The minimum Gasteiger partial charge on any atom is -0.312 e. The third kappa shape index (κ3) is 2.25. The largest absolute Gasteiger partial charge is 0.312 e. The summed E-state index contributed by atoms with van der Waals surface area (Å²) in [4.78, 5) is 13.6. The number of alkyl halides is 1. The second-order valence-corrected chi connectivity index (χ2v) is 5.33. The molecule has 0 spiro atoms. The summed E-state index contributed by atoms with van der Waals surface area (Å²) in [5, 5.41) is 0. The van der Waals surface area contributed by atoms with Crippen LogP contribution in [0.4, 0.5) is 5.69 Å². The fraction of sp³-hybridized carbons (Fsp3) is 0.417. The van der Waals surface area contributed by atoms with E-state index in [2.05, 4.69) is 15.9 Å². The summed E-state index contributed by atoms with van der Waals surface area (Å²) in [5.41, 5.74) is 2.11. The number of amides is 1. The summed E-state index contributed by atoms with van der Waals surface area (Å²) in [6.07, 6.45) is 0.568. The number of halogens is 2. The van der Waals surface area contributed by atoms with Gasteiger partial charge in [-0.05, 0) is 36.6 Å². The maximum Gasteiger partial charge on any atom is 0.227 e. The Balaban J connectivity index is 2.24. The van der Waals surface area contributed by atoms with Gasteiger partial charge in [0.2, 0.25) is 5.91 Å². The van der Waals surface area contributed by atoms with Gasteiger partial charge in [0, 0.05) is 29.0 Å². The average Bonchev–Trinajstić information content (AvgIpc) is 2.64. The molecule has 0 N–H and O–H groups in total. The Hall–Kier alpha value is -0.540. The lowest BCUT2D eigenvalue weighted by atomic mass is 10.1. The van der Waals surface area contributed by atoms with Crippen LogP contribution in [0.25, 0.3) is 0 Å². The van der Waals surface area contributed by atoms with Gasteiger partial charge in [-0.15, -0.1) is 11.6 Å². The Kier molecular flexibility index (Phi) is 3.55. The lowest BCUT2D eigenvalue weighted by Gasteiger charge is -2.17. The molecule has 1 fully saturated rings. The molecule has 0 aromatic heterocycles. The highest BCUT2D eigenvalue weighted by molar-refractivity contribution is 9.10. The molecule has 1 aliphatic rings. The number of aryl methyl sites for hydroxylation is 1. The third-order valence-electron chi connectivity index (χ3n) is 2.88. The van der Waals surface area contributed by atoms with Gasteiger partial charge in [0.25, 0.3) is 0 Å². The van der Waals surface area contributed by atoms with Crippen molar-refractivity contribution in [2.45, 2.75) is 13.3 Å². The molecule has 1 unspecified atom stereocenters. The molecule has 1 aromatic rings. The van der Waals surface area contributed by atoms with Crippen molar-refractivity contribution >= 4 is 39.1 Å². The van der Waals surface area contributed by atoms with Crippen LogP contribution < -0.4 is 4.90 Å². The van der Waals surface area contributed by atoms with Gasteiger partial charge < -0.3 is 4.90 Å². The van der Waals surface area contributed by atoms with E-state index in [1.807, 2.05) is 30.0 Å². The zero-order valence-corrected chi connectivity index (χ0v) is 11.4. The average molecular weight is 303 g/mol. The van der Waals surface area contributed by atoms with Gasteiger partial charge in [-0.1, -0.05) is 15.9 Å².